The standard InChI is InChI=1S/C20H26N2O3/c1-6-16(15-10-8-12(3)9-11-15)22-19(23)18-13(4)17(14(5)21-18)20(24)25-7-2/h8-11,16,21H,6-7H2,1-5H3,(H,22,23). The van der Waals surface area contributed by atoms with Crippen LogP contribution in [0.3, 0.4) is 0 Å². The van der Waals surface area contributed by atoms with E-state index >= 15 is 0 Å². The molecule has 2 aromatic rings. The van der Waals surface area contributed by atoms with Gasteiger partial charge in [-0.3, -0.25) is 4.79 Å². The van der Waals surface area contributed by atoms with Crippen molar-refractivity contribution < 1.29 is 14.3 Å². The minimum atomic E-state index is -0.404. The Hall–Kier alpha value is -2.56. The molecule has 0 aliphatic carbocycles. The number of hydrogen-bond acceptors (Lipinski definition) is 3. The Balaban J connectivity index is 2.24. The third-order valence-electron chi connectivity index (χ3n) is 4.34. The molecule has 1 heterocycles. The maximum absolute atomic E-state index is 12.7. The largest absolute Gasteiger partial charge is 0.462 e. The van der Waals surface area contributed by atoms with Gasteiger partial charge in [0, 0.05) is 5.69 Å². The van der Waals surface area contributed by atoms with Crippen molar-refractivity contribution in [2.24, 2.45) is 0 Å². The van der Waals surface area contributed by atoms with Crippen LogP contribution in [0.5, 0.6) is 0 Å². The molecule has 0 spiro atoms. The van der Waals surface area contributed by atoms with E-state index in [1.165, 1.54) is 5.56 Å². The molecule has 0 saturated heterocycles. The number of nitrogens with one attached hydrogen (secondary N) is 2. The summed E-state index contributed by atoms with van der Waals surface area (Å²) in [7, 11) is 0. The second-order valence-corrected chi connectivity index (χ2v) is 6.19. The SMILES string of the molecule is CCOC(=O)c1c(C)[nH]c(C(=O)NC(CC)c2ccc(C)cc2)c1C. The van der Waals surface area contributed by atoms with Crippen LogP contribution >= 0.6 is 0 Å². The van der Waals surface area contributed by atoms with Gasteiger partial charge in [-0.25, -0.2) is 4.79 Å². The van der Waals surface area contributed by atoms with Gasteiger partial charge in [0.2, 0.25) is 0 Å². The molecule has 0 saturated carbocycles. The van der Waals surface area contributed by atoms with Crippen LogP contribution < -0.4 is 5.32 Å². The summed E-state index contributed by atoms with van der Waals surface area (Å²) in [6.45, 7) is 9.66. The summed E-state index contributed by atoms with van der Waals surface area (Å²) >= 11 is 0. The Morgan fingerprint density at radius 2 is 1.76 bits per heavy atom. The summed E-state index contributed by atoms with van der Waals surface area (Å²) in [5.74, 6) is -0.623. The van der Waals surface area contributed by atoms with Gasteiger partial charge >= 0.3 is 5.97 Å². The fourth-order valence-corrected chi connectivity index (χ4v) is 2.94. The summed E-state index contributed by atoms with van der Waals surface area (Å²) in [5, 5.41) is 3.05. The Labute approximate surface area is 148 Å². The van der Waals surface area contributed by atoms with Gasteiger partial charge in [0.15, 0.2) is 0 Å². The number of esters is 1. The minimum absolute atomic E-state index is 0.0813. The number of H-pyrrole nitrogens is 1. The van der Waals surface area contributed by atoms with Crippen LogP contribution in [0.2, 0.25) is 0 Å². The topological polar surface area (TPSA) is 71.2 Å². The molecule has 1 atom stereocenters. The molecule has 5 nitrogen and oxygen atoms in total. The zero-order valence-corrected chi connectivity index (χ0v) is 15.5. The number of carbonyl (C=O) groups excluding carboxylic acids is 2. The maximum Gasteiger partial charge on any atom is 0.340 e. The van der Waals surface area contributed by atoms with Crippen molar-refractivity contribution in [3.63, 3.8) is 0 Å². The average Bonchev–Trinajstić information content (AvgIpc) is 2.88. The molecule has 0 bridgehead atoms. The number of ether oxygens (including phenoxy) is 1. The van der Waals surface area contributed by atoms with Crippen molar-refractivity contribution in [1.29, 1.82) is 0 Å². The van der Waals surface area contributed by atoms with Gasteiger partial charge in [-0.05, 0) is 45.2 Å². The number of aryl methyl sites for hydroxylation is 2. The molecule has 2 N–H and O–H groups in total. The minimum Gasteiger partial charge on any atom is -0.462 e. The highest BCUT2D eigenvalue weighted by molar-refractivity contribution is 6.00. The highest BCUT2D eigenvalue weighted by Crippen LogP contribution is 2.22. The first-order valence-electron chi connectivity index (χ1n) is 8.62. The normalized spacial score (nSPS) is 11.9. The van der Waals surface area contributed by atoms with E-state index in [0.717, 1.165) is 12.0 Å². The molecule has 2 rings (SSSR count). The van der Waals surface area contributed by atoms with E-state index in [-0.39, 0.29) is 11.9 Å². The van der Waals surface area contributed by atoms with Crippen LogP contribution in [0, 0.1) is 20.8 Å². The fraction of sp³-hybridized carbons (Fsp3) is 0.400. The van der Waals surface area contributed by atoms with E-state index in [1.54, 1.807) is 20.8 Å². The number of rotatable bonds is 6. The van der Waals surface area contributed by atoms with Crippen LogP contribution in [0.15, 0.2) is 24.3 Å². The molecule has 0 radical (unpaired) electrons. The highest BCUT2D eigenvalue weighted by Gasteiger charge is 2.24. The maximum atomic E-state index is 12.7. The van der Waals surface area contributed by atoms with E-state index in [1.807, 2.05) is 38.1 Å². The van der Waals surface area contributed by atoms with Gasteiger partial charge in [-0.2, -0.15) is 0 Å². The van der Waals surface area contributed by atoms with E-state index < -0.39 is 5.97 Å². The fourth-order valence-electron chi connectivity index (χ4n) is 2.94. The number of amides is 1. The quantitative estimate of drug-likeness (QED) is 0.780. The zero-order chi connectivity index (χ0) is 18.6. The Morgan fingerprint density at radius 3 is 2.32 bits per heavy atom. The van der Waals surface area contributed by atoms with Crippen molar-refractivity contribution in [2.75, 3.05) is 6.61 Å². The molecular formula is C20H26N2O3. The molecule has 1 unspecified atom stereocenters. The summed E-state index contributed by atoms with van der Waals surface area (Å²) in [6.07, 6.45) is 0.776. The summed E-state index contributed by atoms with van der Waals surface area (Å²) < 4.78 is 5.07. The summed E-state index contributed by atoms with van der Waals surface area (Å²) in [4.78, 5) is 27.8. The van der Waals surface area contributed by atoms with Gasteiger partial charge in [0.25, 0.3) is 5.91 Å². The molecule has 1 aromatic heterocycles. The zero-order valence-electron chi connectivity index (χ0n) is 15.5. The summed E-state index contributed by atoms with van der Waals surface area (Å²) in [5.41, 5.74) is 4.35. The first kappa shape index (κ1) is 18.8. The van der Waals surface area contributed by atoms with Crippen LogP contribution in [0.25, 0.3) is 0 Å². The van der Waals surface area contributed by atoms with Crippen LogP contribution in [-0.2, 0) is 4.74 Å². The number of aromatic nitrogens is 1. The van der Waals surface area contributed by atoms with Gasteiger partial charge in [0.05, 0.1) is 18.2 Å². The molecular weight excluding hydrogens is 316 g/mol. The number of carbonyl (C=O) groups is 2. The second-order valence-electron chi connectivity index (χ2n) is 6.19. The lowest BCUT2D eigenvalue weighted by atomic mass is 10.0. The van der Waals surface area contributed by atoms with Crippen LogP contribution in [-0.4, -0.2) is 23.5 Å². The Morgan fingerprint density at radius 1 is 1.12 bits per heavy atom. The lowest BCUT2D eigenvalue weighted by molar-refractivity contribution is 0.0525. The van der Waals surface area contributed by atoms with E-state index in [0.29, 0.717) is 29.1 Å². The summed E-state index contributed by atoms with van der Waals surface area (Å²) in [6, 6.07) is 8.05. The van der Waals surface area contributed by atoms with Crippen molar-refractivity contribution >= 4 is 11.9 Å². The highest BCUT2D eigenvalue weighted by atomic mass is 16.5. The van der Waals surface area contributed by atoms with Gasteiger partial charge in [-0.15, -0.1) is 0 Å². The van der Waals surface area contributed by atoms with Gasteiger partial charge in [0.1, 0.15) is 5.69 Å². The Bertz CT molecular complexity index is 760. The number of aromatic amines is 1. The predicted molar refractivity (Wildman–Crippen MR) is 97.9 cm³/mol. The predicted octanol–water partition coefficient (Wildman–Crippen LogP) is 4.00. The third kappa shape index (κ3) is 4.10. The van der Waals surface area contributed by atoms with E-state index in [2.05, 4.69) is 10.3 Å². The first-order chi connectivity index (χ1) is 11.9. The first-order valence-corrected chi connectivity index (χ1v) is 8.62. The molecule has 134 valence electrons. The van der Waals surface area contributed by atoms with E-state index in [4.69, 9.17) is 4.74 Å². The van der Waals surface area contributed by atoms with Crippen LogP contribution in [0.4, 0.5) is 0 Å². The third-order valence-corrected chi connectivity index (χ3v) is 4.34. The molecule has 0 aliphatic heterocycles. The second kappa shape index (κ2) is 8.01. The molecule has 25 heavy (non-hydrogen) atoms. The smallest absolute Gasteiger partial charge is 0.340 e. The van der Waals surface area contributed by atoms with E-state index in [9.17, 15) is 9.59 Å². The Kier molecular flexibility index (Phi) is 6.02. The van der Waals surface area contributed by atoms with Gasteiger partial charge < -0.3 is 15.0 Å². The lowest BCUT2D eigenvalue weighted by Gasteiger charge is -2.17. The molecule has 1 amide bonds. The number of hydrogen-bond donors (Lipinski definition) is 2. The molecule has 1 aromatic carbocycles. The van der Waals surface area contributed by atoms with Crippen molar-refractivity contribution in [1.82, 2.24) is 10.3 Å². The average molecular weight is 342 g/mol. The van der Waals surface area contributed by atoms with Gasteiger partial charge in [-0.1, -0.05) is 36.8 Å². The number of benzene rings is 1. The monoisotopic (exact) mass is 342 g/mol. The van der Waals surface area contributed by atoms with Crippen molar-refractivity contribution in [3.05, 3.63) is 57.9 Å². The molecule has 0 aliphatic rings. The van der Waals surface area contributed by atoms with Crippen molar-refractivity contribution in [3.8, 4) is 0 Å². The van der Waals surface area contributed by atoms with Crippen LogP contribution in [0.1, 0.15) is 69.5 Å². The van der Waals surface area contributed by atoms with Crippen molar-refractivity contribution in [2.45, 2.75) is 47.1 Å². The molecule has 0 fully saturated rings. The lowest BCUT2D eigenvalue weighted by Crippen LogP contribution is -2.29. The molecule has 5 heteroatoms.